The molecule has 1 saturated heterocycles. The van der Waals surface area contributed by atoms with Gasteiger partial charge in [0.25, 0.3) is 5.56 Å². The Bertz CT molecular complexity index is 946. The van der Waals surface area contributed by atoms with Gasteiger partial charge in [-0.1, -0.05) is 20.8 Å². The number of nitrogens with zero attached hydrogens (tertiary/aromatic N) is 1. The molecule has 1 aromatic heterocycles. The first-order valence-corrected chi connectivity index (χ1v) is 8.46. The number of rotatable bonds is 2. The number of carbonyl (C=O) groups is 1. The molecule has 0 unspecified atom stereocenters. The molecule has 1 aromatic carbocycles. The summed E-state index contributed by atoms with van der Waals surface area (Å²) in [6.07, 6.45) is -0.389. The third-order valence-electron chi connectivity index (χ3n) is 4.20. The summed E-state index contributed by atoms with van der Waals surface area (Å²) in [5.41, 5.74) is -0.248. The standard InChI is InChI=1S/C18H23N3O5/c1-10(22)19-11-5-6-14-13(7-11)15(23)21(17(24)20-14)12-8-25-16(26-9-12)18(2,3)4/h5-7,12,16H,8-9H2,1-4H3,(H,19,22)(H,20,24)/t12-,16+. The Labute approximate surface area is 150 Å². The van der Waals surface area contributed by atoms with Gasteiger partial charge in [-0.3, -0.25) is 14.2 Å². The lowest BCUT2D eigenvalue weighted by atomic mass is 9.95. The SMILES string of the molecule is CC(=O)Nc1ccc2[nH]c(=O)n([C@H]3CO[C@@H](C(C)(C)C)OC3)c(=O)c2c1. The fraction of sp³-hybridized carbons (Fsp3) is 0.500. The van der Waals surface area contributed by atoms with Crippen molar-refractivity contribution in [3.05, 3.63) is 39.0 Å². The predicted molar refractivity (Wildman–Crippen MR) is 97.3 cm³/mol. The van der Waals surface area contributed by atoms with Gasteiger partial charge in [0.1, 0.15) is 0 Å². The van der Waals surface area contributed by atoms with Gasteiger partial charge in [0.05, 0.1) is 30.2 Å². The van der Waals surface area contributed by atoms with Crippen molar-refractivity contribution in [2.24, 2.45) is 5.41 Å². The van der Waals surface area contributed by atoms with E-state index in [9.17, 15) is 14.4 Å². The number of anilines is 1. The second kappa shape index (κ2) is 6.69. The molecule has 1 fully saturated rings. The molecule has 1 aliphatic heterocycles. The van der Waals surface area contributed by atoms with Crippen LogP contribution in [0.15, 0.2) is 27.8 Å². The highest BCUT2D eigenvalue weighted by atomic mass is 16.7. The van der Waals surface area contributed by atoms with Crippen LogP contribution in [0.4, 0.5) is 5.69 Å². The summed E-state index contributed by atoms with van der Waals surface area (Å²) in [6, 6.07) is 4.26. The molecule has 2 heterocycles. The summed E-state index contributed by atoms with van der Waals surface area (Å²) in [7, 11) is 0. The van der Waals surface area contributed by atoms with Crippen LogP contribution in [0.25, 0.3) is 10.9 Å². The predicted octanol–water partition coefficient (Wildman–Crippen LogP) is 1.61. The van der Waals surface area contributed by atoms with Crippen molar-refractivity contribution < 1.29 is 14.3 Å². The van der Waals surface area contributed by atoms with Crippen molar-refractivity contribution in [3.8, 4) is 0 Å². The third-order valence-corrected chi connectivity index (χ3v) is 4.20. The van der Waals surface area contributed by atoms with E-state index in [1.54, 1.807) is 18.2 Å². The van der Waals surface area contributed by atoms with Gasteiger partial charge in [0.2, 0.25) is 5.91 Å². The van der Waals surface area contributed by atoms with Crippen molar-refractivity contribution in [3.63, 3.8) is 0 Å². The number of benzene rings is 1. The van der Waals surface area contributed by atoms with Crippen molar-refractivity contribution in [1.29, 1.82) is 0 Å². The number of H-pyrrole nitrogens is 1. The van der Waals surface area contributed by atoms with Crippen LogP contribution in [0.5, 0.6) is 0 Å². The summed E-state index contributed by atoms with van der Waals surface area (Å²) >= 11 is 0. The van der Waals surface area contributed by atoms with Gasteiger partial charge < -0.3 is 19.8 Å². The van der Waals surface area contributed by atoms with E-state index >= 15 is 0 Å². The second-order valence-corrected chi connectivity index (χ2v) is 7.57. The van der Waals surface area contributed by atoms with Gasteiger partial charge in [-0.05, 0) is 18.2 Å². The molecule has 0 spiro atoms. The number of hydrogen-bond donors (Lipinski definition) is 2. The highest BCUT2D eigenvalue weighted by molar-refractivity contribution is 5.91. The molecule has 26 heavy (non-hydrogen) atoms. The van der Waals surface area contributed by atoms with Crippen LogP contribution < -0.4 is 16.6 Å². The summed E-state index contributed by atoms with van der Waals surface area (Å²) in [6.45, 7) is 7.80. The Balaban J connectivity index is 1.97. The average molecular weight is 361 g/mol. The Morgan fingerprint density at radius 2 is 1.88 bits per heavy atom. The Hall–Kier alpha value is -2.45. The summed E-state index contributed by atoms with van der Waals surface area (Å²) < 4.78 is 12.6. The molecule has 1 aliphatic rings. The first-order chi connectivity index (χ1) is 12.2. The van der Waals surface area contributed by atoms with E-state index in [0.717, 1.165) is 4.57 Å². The van der Waals surface area contributed by atoms with Crippen molar-refractivity contribution in [2.75, 3.05) is 18.5 Å². The Morgan fingerprint density at radius 1 is 1.23 bits per heavy atom. The van der Waals surface area contributed by atoms with E-state index < -0.39 is 17.3 Å². The summed E-state index contributed by atoms with van der Waals surface area (Å²) in [5, 5.41) is 2.95. The van der Waals surface area contributed by atoms with Crippen molar-refractivity contribution in [1.82, 2.24) is 9.55 Å². The monoisotopic (exact) mass is 361 g/mol. The van der Waals surface area contributed by atoms with Crippen molar-refractivity contribution >= 4 is 22.5 Å². The van der Waals surface area contributed by atoms with E-state index in [4.69, 9.17) is 9.47 Å². The van der Waals surface area contributed by atoms with Gasteiger partial charge in [-0.25, -0.2) is 4.79 Å². The summed E-state index contributed by atoms with van der Waals surface area (Å²) in [4.78, 5) is 39.2. The first kappa shape index (κ1) is 18.3. The van der Waals surface area contributed by atoms with E-state index in [-0.39, 0.29) is 30.8 Å². The van der Waals surface area contributed by atoms with Gasteiger partial charge >= 0.3 is 5.69 Å². The molecule has 0 atom stereocenters. The molecule has 0 saturated carbocycles. The Kier molecular flexibility index (Phi) is 4.72. The molecule has 0 aliphatic carbocycles. The maximum Gasteiger partial charge on any atom is 0.329 e. The minimum absolute atomic E-state index is 0.195. The molecule has 3 rings (SSSR count). The maximum absolute atomic E-state index is 12.9. The molecule has 2 N–H and O–H groups in total. The molecule has 2 aromatic rings. The van der Waals surface area contributed by atoms with Gasteiger partial charge in [0, 0.05) is 18.0 Å². The number of aromatic nitrogens is 2. The maximum atomic E-state index is 12.9. The highest BCUT2D eigenvalue weighted by Crippen LogP contribution is 2.28. The summed E-state index contributed by atoms with van der Waals surface area (Å²) in [5.74, 6) is -0.239. The number of hydrogen-bond acceptors (Lipinski definition) is 5. The third kappa shape index (κ3) is 3.56. The molecular weight excluding hydrogens is 338 g/mol. The second-order valence-electron chi connectivity index (χ2n) is 7.57. The minimum atomic E-state index is -0.515. The largest absolute Gasteiger partial charge is 0.350 e. The van der Waals surface area contributed by atoms with Crippen LogP contribution in [0, 0.1) is 5.41 Å². The zero-order valence-corrected chi connectivity index (χ0v) is 15.3. The number of fused-ring (bicyclic) bond motifs is 1. The van der Waals surface area contributed by atoms with Crippen LogP contribution in [0.2, 0.25) is 0 Å². The number of carbonyl (C=O) groups excluding carboxylic acids is 1. The van der Waals surface area contributed by atoms with Crippen molar-refractivity contribution in [2.45, 2.75) is 40.0 Å². The topological polar surface area (TPSA) is 102 Å². The molecule has 0 radical (unpaired) electrons. The normalized spacial score (nSPS) is 20.9. The average Bonchev–Trinajstić information content (AvgIpc) is 2.55. The minimum Gasteiger partial charge on any atom is -0.350 e. The van der Waals surface area contributed by atoms with Gasteiger partial charge in [-0.15, -0.1) is 0 Å². The van der Waals surface area contributed by atoms with Crippen LogP contribution in [0.3, 0.4) is 0 Å². The van der Waals surface area contributed by atoms with Gasteiger partial charge in [0.15, 0.2) is 6.29 Å². The van der Waals surface area contributed by atoms with E-state index in [0.29, 0.717) is 16.6 Å². The molecule has 0 bridgehead atoms. The number of amides is 1. The van der Waals surface area contributed by atoms with Gasteiger partial charge in [-0.2, -0.15) is 0 Å². The Morgan fingerprint density at radius 3 is 2.46 bits per heavy atom. The molecular formula is C18H23N3O5. The number of aromatic amines is 1. The zero-order chi connectivity index (χ0) is 19.1. The fourth-order valence-corrected chi connectivity index (χ4v) is 2.98. The first-order valence-electron chi connectivity index (χ1n) is 8.46. The molecule has 1 amide bonds. The van der Waals surface area contributed by atoms with Crippen LogP contribution in [-0.4, -0.2) is 35.0 Å². The number of ether oxygens (including phenoxy) is 2. The quantitative estimate of drug-likeness (QED) is 0.846. The lowest BCUT2D eigenvalue weighted by molar-refractivity contribution is -0.239. The van der Waals surface area contributed by atoms with Crippen LogP contribution in [-0.2, 0) is 14.3 Å². The zero-order valence-electron chi connectivity index (χ0n) is 15.3. The smallest absolute Gasteiger partial charge is 0.329 e. The van der Waals surface area contributed by atoms with E-state index in [1.165, 1.54) is 6.92 Å². The van der Waals surface area contributed by atoms with E-state index in [1.807, 2.05) is 20.8 Å². The lowest BCUT2D eigenvalue weighted by Crippen LogP contribution is -2.47. The van der Waals surface area contributed by atoms with Crippen LogP contribution >= 0.6 is 0 Å². The lowest BCUT2D eigenvalue weighted by Gasteiger charge is -2.36. The molecule has 8 nitrogen and oxygen atoms in total. The molecule has 8 heteroatoms. The van der Waals surface area contributed by atoms with Crippen LogP contribution in [0.1, 0.15) is 33.7 Å². The fourth-order valence-electron chi connectivity index (χ4n) is 2.98. The van der Waals surface area contributed by atoms with E-state index in [2.05, 4.69) is 10.3 Å². The number of nitrogens with one attached hydrogen (secondary N) is 2. The molecule has 140 valence electrons. The highest BCUT2D eigenvalue weighted by Gasteiger charge is 2.33.